The summed E-state index contributed by atoms with van der Waals surface area (Å²) in [6.45, 7) is 7.62. The lowest BCUT2D eigenvalue weighted by Gasteiger charge is -2.51. The highest BCUT2D eigenvalue weighted by molar-refractivity contribution is 5.77. The summed E-state index contributed by atoms with van der Waals surface area (Å²) in [5, 5.41) is 3.07. The van der Waals surface area contributed by atoms with Crippen LogP contribution in [0.2, 0.25) is 0 Å². The molecule has 1 saturated carbocycles. The quantitative estimate of drug-likeness (QED) is 0.629. The summed E-state index contributed by atoms with van der Waals surface area (Å²) in [4.78, 5) is 11.9. The summed E-state index contributed by atoms with van der Waals surface area (Å²) in [6.07, 6.45) is 3.49. The third-order valence-corrected chi connectivity index (χ3v) is 4.34. The van der Waals surface area contributed by atoms with E-state index < -0.39 is 0 Å². The maximum Gasteiger partial charge on any atom is 0.222 e. The zero-order chi connectivity index (χ0) is 15.2. The molecular weight excluding hydrogens is 256 g/mol. The highest BCUT2D eigenvalue weighted by Crippen LogP contribution is 2.42. The number of hydrogen-bond acceptors (Lipinski definition) is 4. The van der Waals surface area contributed by atoms with Crippen LogP contribution < -0.4 is 11.1 Å². The van der Waals surface area contributed by atoms with Crippen molar-refractivity contribution in [3.05, 3.63) is 0 Å². The molecule has 3 N–H and O–H groups in total. The number of hydrogen-bond donors (Lipinski definition) is 2. The molecule has 1 aliphatic carbocycles. The van der Waals surface area contributed by atoms with Crippen molar-refractivity contribution in [2.45, 2.75) is 64.7 Å². The predicted molar refractivity (Wildman–Crippen MR) is 79.4 cm³/mol. The molecule has 0 spiro atoms. The first-order valence-electron chi connectivity index (χ1n) is 7.59. The molecule has 5 nitrogen and oxygen atoms in total. The van der Waals surface area contributed by atoms with Crippen LogP contribution in [0.1, 0.15) is 46.5 Å². The molecule has 5 heteroatoms. The van der Waals surface area contributed by atoms with Gasteiger partial charge in [0.25, 0.3) is 0 Å². The first-order valence-corrected chi connectivity index (χ1v) is 7.59. The molecule has 0 heterocycles. The van der Waals surface area contributed by atoms with E-state index in [1.807, 2.05) is 0 Å². The molecule has 1 rings (SSSR count). The van der Waals surface area contributed by atoms with Gasteiger partial charge in [0.15, 0.2) is 0 Å². The molecule has 118 valence electrons. The van der Waals surface area contributed by atoms with Gasteiger partial charge in [-0.15, -0.1) is 0 Å². The van der Waals surface area contributed by atoms with Gasteiger partial charge in [0.05, 0.1) is 18.6 Å². The van der Waals surface area contributed by atoms with Gasteiger partial charge < -0.3 is 20.5 Å². The summed E-state index contributed by atoms with van der Waals surface area (Å²) in [6, 6.07) is 0.178. The number of carbonyl (C=O) groups excluding carboxylic acids is 1. The van der Waals surface area contributed by atoms with E-state index in [1.54, 1.807) is 7.11 Å². The molecular formula is C15H30N2O3. The Balaban J connectivity index is 2.34. The van der Waals surface area contributed by atoms with E-state index in [0.717, 1.165) is 25.9 Å². The van der Waals surface area contributed by atoms with Gasteiger partial charge in [-0.1, -0.05) is 27.2 Å². The smallest absolute Gasteiger partial charge is 0.222 e. The second-order valence-electron chi connectivity index (χ2n) is 6.19. The number of amides is 1. The van der Waals surface area contributed by atoms with E-state index in [-0.39, 0.29) is 29.6 Å². The Bertz CT molecular complexity index is 303. The van der Waals surface area contributed by atoms with Crippen LogP contribution in [0, 0.1) is 5.41 Å². The van der Waals surface area contributed by atoms with Crippen molar-refractivity contribution in [2.24, 2.45) is 11.1 Å². The average Bonchev–Trinajstić information content (AvgIpc) is 2.43. The molecule has 0 aromatic rings. The minimum Gasteiger partial charge on any atom is -0.380 e. The van der Waals surface area contributed by atoms with E-state index >= 15 is 0 Å². The zero-order valence-corrected chi connectivity index (χ0v) is 13.3. The number of ether oxygens (including phenoxy) is 2. The third-order valence-electron chi connectivity index (χ3n) is 4.34. The number of nitrogens with two attached hydrogens (primary N) is 1. The standard InChI is InChI=1S/C15H30N2O3/c1-5-6-7-20-13-9-12(15(13,2)3)17-14(18)8-11(10-16)19-4/h11-13H,5-10,16H2,1-4H3,(H,17,18). The predicted octanol–water partition coefficient (Wildman–Crippen LogP) is 1.45. The highest BCUT2D eigenvalue weighted by atomic mass is 16.5. The lowest BCUT2D eigenvalue weighted by atomic mass is 9.64. The number of rotatable bonds is 9. The Morgan fingerprint density at radius 3 is 2.70 bits per heavy atom. The summed E-state index contributed by atoms with van der Waals surface area (Å²) in [7, 11) is 1.58. The maximum absolute atomic E-state index is 11.9. The van der Waals surface area contributed by atoms with Gasteiger partial charge in [0.1, 0.15) is 0 Å². The summed E-state index contributed by atoms with van der Waals surface area (Å²) < 4.78 is 11.0. The minimum atomic E-state index is -0.199. The van der Waals surface area contributed by atoms with Crippen LogP contribution in [-0.2, 0) is 14.3 Å². The zero-order valence-electron chi connectivity index (χ0n) is 13.3. The highest BCUT2D eigenvalue weighted by Gasteiger charge is 2.49. The van der Waals surface area contributed by atoms with E-state index in [1.165, 1.54) is 0 Å². The number of methoxy groups -OCH3 is 1. The maximum atomic E-state index is 11.9. The van der Waals surface area contributed by atoms with Crippen LogP contribution in [0.25, 0.3) is 0 Å². The van der Waals surface area contributed by atoms with Crippen molar-refractivity contribution in [1.29, 1.82) is 0 Å². The van der Waals surface area contributed by atoms with Crippen LogP contribution in [0.4, 0.5) is 0 Å². The van der Waals surface area contributed by atoms with Gasteiger partial charge in [0, 0.05) is 31.7 Å². The minimum absolute atomic E-state index is 0.00527. The molecule has 0 aromatic carbocycles. The third kappa shape index (κ3) is 4.43. The Morgan fingerprint density at radius 2 is 2.20 bits per heavy atom. The Labute approximate surface area is 122 Å². The second kappa shape index (κ2) is 7.96. The Morgan fingerprint density at radius 1 is 1.50 bits per heavy atom. The number of unbranched alkanes of at least 4 members (excludes halogenated alkanes) is 1. The lowest BCUT2D eigenvalue weighted by molar-refractivity contribution is -0.139. The second-order valence-corrected chi connectivity index (χ2v) is 6.19. The van der Waals surface area contributed by atoms with Gasteiger partial charge in [-0.25, -0.2) is 0 Å². The van der Waals surface area contributed by atoms with Crippen LogP contribution in [0.5, 0.6) is 0 Å². The Hall–Kier alpha value is -0.650. The molecule has 0 bridgehead atoms. The Kier molecular flexibility index (Phi) is 6.92. The molecule has 0 aromatic heterocycles. The number of carbonyl (C=O) groups is 1. The molecule has 3 unspecified atom stereocenters. The van der Waals surface area contributed by atoms with Gasteiger partial charge in [-0.3, -0.25) is 4.79 Å². The van der Waals surface area contributed by atoms with Crippen molar-refractivity contribution in [1.82, 2.24) is 5.32 Å². The SMILES string of the molecule is CCCCOC1CC(NC(=O)CC(CN)OC)C1(C)C. The summed E-state index contributed by atoms with van der Waals surface area (Å²) in [5.74, 6) is 0.00684. The van der Waals surface area contributed by atoms with Gasteiger partial charge in [-0.05, 0) is 12.8 Å². The number of nitrogens with one attached hydrogen (secondary N) is 1. The monoisotopic (exact) mass is 286 g/mol. The van der Waals surface area contributed by atoms with Crippen LogP contribution >= 0.6 is 0 Å². The van der Waals surface area contributed by atoms with Gasteiger partial charge >= 0.3 is 0 Å². The average molecular weight is 286 g/mol. The summed E-state index contributed by atoms with van der Waals surface area (Å²) >= 11 is 0. The molecule has 0 aliphatic heterocycles. The fraction of sp³-hybridized carbons (Fsp3) is 0.933. The molecule has 1 fully saturated rings. The molecule has 3 atom stereocenters. The molecule has 1 aliphatic rings. The lowest BCUT2D eigenvalue weighted by Crippen LogP contribution is -2.62. The molecule has 20 heavy (non-hydrogen) atoms. The molecule has 0 radical (unpaired) electrons. The van der Waals surface area contributed by atoms with Gasteiger partial charge in [-0.2, -0.15) is 0 Å². The van der Waals surface area contributed by atoms with Crippen molar-refractivity contribution in [2.75, 3.05) is 20.3 Å². The summed E-state index contributed by atoms with van der Waals surface area (Å²) in [5.41, 5.74) is 5.52. The van der Waals surface area contributed by atoms with Crippen molar-refractivity contribution in [3.8, 4) is 0 Å². The van der Waals surface area contributed by atoms with Crippen LogP contribution in [0.3, 0.4) is 0 Å². The van der Waals surface area contributed by atoms with Crippen LogP contribution in [-0.4, -0.2) is 44.4 Å². The van der Waals surface area contributed by atoms with E-state index in [4.69, 9.17) is 15.2 Å². The topological polar surface area (TPSA) is 73.6 Å². The van der Waals surface area contributed by atoms with Crippen molar-refractivity contribution >= 4 is 5.91 Å². The molecule has 0 saturated heterocycles. The van der Waals surface area contributed by atoms with Crippen LogP contribution in [0.15, 0.2) is 0 Å². The van der Waals surface area contributed by atoms with Crippen molar-refractivity contribution < 1.29 is 14.3 Å². The molecule has 1 amide bonds. The fourth-order valence-electron chi connectivity index (χ4n) is 2.51. The first kappa shape index (κ1) is 17.4. The van der Waals surface area contributed by atoms with E-state index in [2.05, 4.69) is 26.1 Å². The fourth-order valence-corrected chi connectivity index (χ4v) is 2.51. The first-order chi connectivity index (χ1) is 9.45. The van der Waals surface area contributed by atoms with E-state index in [0.29, 0.717) is 13.0 Å². The van der Waals surface area contributed by atoms with Crippen molar-refractivity contribution in [3.63, 3.8) is 0 Å². The van der Waals surface area contributed by atoms with E-state index in [9.17, 15) is 4.79 Å². The normalized spacial score (nSPS) is 25.9. The van der Waals surface area contributed by atoms with Gasteiger partial charge in [0.2, 0.25) is 5.91 Å². The largest absolute Gasteiger partial charge is 0.380 e.